The van der Waals surface area contributed by atoms with Gasteiger partial charge in [-0.15, -0.1) is 0 Å². The number of anilines is 4. The Balaban J connectivity index is 1.48. The fraction of sp³-hybridized carbons (Fsp3) is 0.300. The molecule has 0 aliphatic carbocycles. The van der Waals surface area contributed by atoms with E-state index in [0.29, 0.717) is 0 Å². The van der Waals surface area contributed by atoms with Crippen LogP contribution < -0.4 is 15.1 Å². The second-order valence-electron chi connectivity index (χ2n) is 6.80. The van der Waals surface area contributed by atoms with E-state index in [1.54, 1.807) is 12.4 Å². The maximum Gasteiger partial charge on any atom is 0.227 e. The molecule has 8 heteroatoms. The summed E-state index contributed by atoms with van der Waals surface area (Å²) in [5.74, 6) is 2.29. The van der Waals surface area contributed by atoms with Crippen molar-refractivity contribution in [1.82, 2.24) is 19.9 Å². The highest BCUT2D eigenvalue weighted by Gasteiger charge is 2.21. The van der Waals surface area contributed by atoms with E-state index in [2.05, 4.69) is 30.1 Å². The third kappa shape index (κ3) is 4.14. The quantitative estimate of drug-likeness (QED) is 0.723. The lowest BCUT2D eigenvalue weighted by molar-refractivity contribution is 0.627. The van der Waals surface area contributed by atoms with Crippen LogP contribution in [0.15, 0.2) is 42.7 Å². The molecule has 0 radical (unpaired) electrons. The Labute approximate surface area is 169 Å². The van der Waals surface area contributed by atoms with Crippen molar-refractivity contribution in [2.45, 2.75) is 13.8 Å². The van der Waals surface area contributed by atoms with Gasteiger partial charge in [0.15, 0.2) is 0 Å². The maximum absolute atomic E-state index is 6.06. The van der Waals surface area contributed by atoms with Crippen LogP contribution in [0.5, 0.6) is 0 Å². The Bertz CT molecular complexity index is 956. The first-order chi connectivity index (χ1) is 13.6. The zero-order valence-corrected chi connectivity index (χ0v) is 16.7. The molecule has 1 aliphatic heterocycles. The Hall–Kier alpha value is -2.93. The molecule has 28 heavy (non-hydrogen) atoms. The predicted octanol–water partition coefficient (Wildman–Crippen LogP) is 3.61. The number of aryl methyl sites for hydroxylation is 2. The van der Waals surface area contributed by atoms with Gasteiger partial charge in [-0.05, 0) is 43.7 Å². The van der Waals surface area contributed by atoms with Crippen LogP contribution in [0.25, 0.3) is 0 Å². The first kappa shape index (κ1) is 18.4. The average molecular weight is 396 g/mol. The van der Waals surface area contributed by atoms with Crippen molar-refractivity contribution in [3.05, 3.63) is 59.0 Å². The molecule has 1 aliphatic rings. The lowest BCUT2D eigenvalue weighted by Gasteiger charge is -2.34. The maximum atomic E-state index is 6.06. The minimum Gasteiger partial charge on any atom is -0.340 e. The number of hydrogen-bond donors (Lipinski definition) is 1. The van der Waals surface area contributed by atoms with E-state index in [4.69, 9.17) is 16.6 Å². The molecule has 3 heterocycles. The zero-order chi connectivity index (χ0) is 19.5. The minimum absolute atomic E-state index is 0.725. The van der Waals surface area contributed by atoms with Gasteiger partial charge in [-0.25, -0.2) is 15.0 Å². The summed E-state index contributed by atoms with van der Waals surface area (Å²) < 4.78 is 0. The number of benzene rings is 1. The molecule has 0 unspecified atom stereocenters. The molecule has 2 aromatic heterocycles. The molecule has 4 rings (SSSR count). The molecule has 1 saturated heterocycles. The molecule has 144 valence electrons. The van der Waals surface area contributed by atoms with Crippen LogP contribution in [0.2, 0.25) is 5.02 Å². The van der Waals surface area contributed by atoms with Crippen LogP contribution in [0.1, 0.15) is 11.3 Å². The Kier molecular flexibility index (Phi) is 5.25. The van der Waals surface area contributed by atoms with E-state index in [1.165, 1.54) is 0 Å². The molecule has 3 aromatic rings. The first-order valence-corrected chi connectivity index (χ1v) is 9.62. The summed E-state index contributed by atoms with van der Waals surface area (Å²) in [7, 11) is 0. The van der Waals surface area contributed by atoms with E-state index in [0.717, 1.165) is 65.9 Å². The number of rotatable bonds is 4. The molecule has 0 atom stereocenters. The number of nitrogens with one attached hydrogen (secondary N) is 1. The minimum atomic E-state index is 0.725. The number of hydrogen-bond acceptors (Lipinski definition) is 7. The van der Waals surface area contributed by atoms with Gasteiger partial charge in [-0.1, -0.05) is 11.6 Å². The topological polar surface area (TPSA) is 70.1 Å². The summed E-state index contributed by atoms with van der Waals surface area (Å²) in [4.78, 5) is 22.4. The normalized spacial score (nSPS) is 14.2. The van der Waals surface area contributed by atoms with Gasteiger partial charge < -0.3 is 15.1 Å². The van der Waals surface area contributed by atoms with Gasteiger partial charge in [0.2, 0.25) is 11.9 Å². The van der Waals surface area contributed by atoms with Gasteiger partial charge in [0.25, 0.3) is 0 Å². The van der Waals surface area contributed by atoms with Crippen molar-refractivity contribution >= 4 is 35.0 Å². The number of nitrogens with zero attached hydrogens (tertiary/aromatic N) is 6. The first-order valence-electron chi connectivity index (χ1n) is 9.24. The summed E-state index contributed by atoms with van der Waals surface area (Å²) in [6.45, 7) is 7.32. The molecular weight excluding hydrogens is 374 g/mol. The highest BCUT2D eigenvalue weighted by molar-refractivity contribution is 6.30. The molecule has 0 spiro atoms. The second kappa shape index (κ2) is 7.98. The van der Waals surface area contributed by atoms with Gasteiger partial charge in [-0.3, -0.25) is 0 Å². The van der Waals surface area contributed by atoms with Crippen LogP contribution in [0, 0.1) is 13.8 Å². The Morgan fingerprint density at radius 2 is 1.57 bits per heavy atom. The van der Waals surface area contributed by atoms with Crippen molar-refractivity contribution < 1.29 is 0 Å². The van der Waals surface area contributed by atoms with Crippen LogP contribution in [0.3, 0.4) is 0 Å². The highest BCUT2D eigenvalue weighted by Crippen LogP contribution is 2.24. The number of aromatic nitrogens is 4. The van der Waals surface area contributed by atoms with E-state index in [9.17, 15) is 0 Å². The van der Waals surface area contributed by atoms with Gasteiger partial charge >= 0.3 is 0 Å². The molecule has 0 amide bonds. The van der Waals surface area contributed by atoms with Gasteiger partial charge in [0.1, 0.15) is 5.82 Å². The Morgan fingerprint density at radius 3 is 2.25 bits per heavy atom. The summed E-state index contributed by atoms with van der Waals surface area (Å²) in [6, 6.07) is 9.55. The molecule has 0 saturated carbocycles. The molecule has 1 N–H and O–H groups in total. The predicted molar refractivity (Wildman–Crippen MR) is 113 cm³/mol. The molecule has 1 fully saturated rings. The fourth-order valence-electron chi connectivity index (χ4n) is 3.22. The van der Waals surface area contributed by atoms with Crippen molar-refractivity contribution in [1.29, 1.82) is 0 Å². The zero-order valence-electron chi connectivity index (χ0n) is 15.9. The van der Waals surface area contributed by atoms with Crippen molar-refractivity contribution in [2.24, 2.45) is 0 Å². The van der Waals surface area contributed by atoms with Crippen molar-refractivity contribution in [2.75, 3.05) is 41.3 Å². The fourth-order valence-corrected chi connectivity index (χ4v) is 3.45. The molecular formula is C20H22ClN7. The second-order valence-corrected chi connectivity index (χ2v) is 7.24. The molecule has 1 aromatic carbocycles. The lowest BCUT2D eigenvalue weighted by atomic mass is 10.2. The summed E-state index contributed by atoms with van der Waals surface area (Å²) in [5, 5.41) is 4.11. The van der Waals surface area contributed by atoms with E-state index >= 15 is 0 Å². The summed E-state index contributed by atoms with van der Waals surface area (Å²) in [5.41, 5.74) is 2.98. The Morgan fingerprint density at radius 1 is 0.893 bits per heavy atom. The van der Waals surface area contributed by atoms with Crippen LogP contribution in [-0.2, 0) is 0 Å². The van der Waals surface area contributed by atoms with Gasteiger partial charge in [0, 0.05) is 61.0 Å². The number of halogens is 1. The van der Waals surface area contributed by atoms with E-state index < -0.39 is 0 Å². The largest absolute Gasteiger partial charge is 0.340 e. The highest BCUT2D eigenvalue weighted by atomic mass is 35.5. The standard InChI is InChI=1S/C20H22ClN7/c1-14-12-16(21)4-5-17(14)25-18-13-15(2)24-20(26-18)28-10-8-27(9-11-28)19-22-6-3-7-23-19/h3-7,12-13H,8-11H2,1-2H3,(H,24,25,26). The van der Waals surface area contributed by atoms with Gasteiger partial charge in [0.05, 0.1) is 0 Å². The van der Waals surface area contributed by atoms with Crippen molar-refractivity contribution in [3.8, 4) is 0 Å². The molecule has 7 nitrogen and oxygen atoms in total. The summed E-state index contributed by atoms with van der Waals surface area (Å²) in [6.07, 6.45) is 3.55. The molecule has 0 bridgehead atoms. The van der Waals surface area contributed by atoms with E-state index in [1.807, 2.05) is 44.2 Å². The average Bonchev–Trinajstić information content (AvgIpc) is 2.70. The smallest absolute Gasteiger partial charge is 0.227 e. The van der Waals surface area contributed by atoms with Crippen LogP contribution in [0.4, 0.5) is 23.4 Å². The van der Waals surface area contributed by atoms with Crippen LogP contribution in [-0.4, -0.2) is 46.1 Å². The number of piperazine rings is 1. The third-order valence-electron chi connectivity index (χ3n) is 4.69. The van der Waals surface area contributed by atoms with E-state index in [-0.39, 0.29) is 0 Å². The van der Waals surface area contributed by atoms with Crippen LogP contribution >= 0.6 is 11.6 Å². The van der Waals surface area contributed by atoms with Crippen molar-refractivity contribution in [3.63, 3.8) is 0 Å². The third-order valence-corrected chi connectivity index (χ3v) is 4.93. The van der Waals surface area contributed by atoms with Gasteiger partial charge in [-0.2, -0.15) is 4.98 Å². The SMILES string of the molecule is Cc1cc(Nc2ccc(Cl)cc2C)nc(N2CCN(c3ncccn3)CC2)n1. The lowest BCUT2D eigenvalue weighted by Crippen LogP contribution is -2.47. The monoisotopic (exact) mass is 395 g/mol. The summed E-state index contributed by atoms with van der Waals surface area (Å²) >= 11 is 6.06.